The van der Waals surface area contributed by atoms with Crippen LogP contribution in [-0.2, 0) is 5.75 Å². The highest BCUT2D eigenvalue weighted by molar-refractivity contribution is 7.98. The molecular weight excluding hydrogens is 557 g/mol. The van der Waals surface area contributed by atoms with Crippen molar-refractivity contribution < 1.29 is 18.7 Å². The Morgan fingerprint density at radius 2 is 1.79 bits per heavy atom. The number of ketones is 1. The number of hydrogen-bond acceptors (Lipinski definition) is 7. The molecule has 3 aromatic carbocycles. The van der Waals surface area contributed by atoms with Crippen molar-refractivity contribution in [2.75, 3.05) is 12.4 Å². The predicted octanol–water partition coefficient (Wildman–Crippen LogP) is 7.62. The van der Waals surface area contributed by atoms with E-state index in [-0.39, 0.29) is 32.8 Å². The zero-order chi connectivity index (χ0) is 27.5. The van der Waals surface area contributed by atoms with Gasteiger partial charge in [-0.3, -0.25) is 9.59 Å². The van der Waals surface area contributed by atoms with Crippen LogP contribution in [-0.4, -0.2) is 28.8 Å². The molecule has 0 saturated heterocycles. The number of amides is 1. The molecule has 196 valence electrons. The number of para-hydroxylation sites is 1. The Labute approximate surface area is 238 Å². The molecule has 2 heterocycles. The lowest BCUT2D eigenvalue weighted by Crippen LogP contribution is -2.17. The molecule has 2 aromatic heterocycles. The van der Waals surface area contributed by atoms with Gasteiger partial charge in [-0.25, -0.2) is 9.97 Å². The van der Waals surface area contributed by atoms with Crippen LogP contribution >= 0.6 is 35.0 Å². The Balaban J connectivity index is 1.45. The Morgan fingerprint density at radius 1 is 1.03 bits per heavy atom. The number of benzene rings is 3. The van der Waals surface area contributed by atoms with Gasteiger partial charge in [0.1, 0.15) is 11.3 Å². The Kier molecular flexibility index (Phi) is 7.88. The zero-order valence-electron chi connectivity index (χ0n) is 20.8. The number of methoxy groups -OCH3 is 1. The summed E-state index contributed by atoms with van der Waals surface area (Å²) in [6.07, 6.45) is 1.39. The summed E-state index contributed by atoms with van der Waals surface area (Å²) in [5.74, 6) is -0.0565. The van der Waals surface area contributed by atoms with E-state index >= 15 is 0 Å². The fourth-order valence-electron chi connectivity index (χ4n) is 3.93. The maximum atomic E-state index is 13.5. The van der Waals surface area contributed by atoms with Gasteiger partial charge in [-0.1, -0.05) is 71.4 Å². The number of rotatable bonds is 8. The highest BCUT2D eigenvalue weighted by atomic mass is 35.5. The van der Waals surface area contributed by atoms with Gasteiger partial charge in [0, 0.05) is 16.7 Å². The minimum absolute atomic E-state index is 0.0184. The summed E-state index contributed by atoms with van der Waals surface area (Å²) < 4.78 is 11.1. The average Bonchev–Trinajstić information content (AvgIpc) is 3.31. The summed E-state index contributed by atoms with van der Waals surface area (Å²) in [4.78, 5) is 35.6. The molecule has 0 unspecified atom stereocenters. The molecule has 0 aliphatic heterocycles. The summed E-state index contributed by atoms with van der Waals surface area (Å²) in [7, 11) is 1.49. The fourth-order valence-corrected chi connectivity index (χ4v) is 5.26. The van der Waals surface area contributed by atoms with E-state index in [1.54, 1.807) is 36.4 Å². The van der Waals surface area contributed by atoms with Crippen molar-refractivity contribution in [2.45, 2.75) is 17.8 Å². The second-order valence-electron chi connectivity index (χ2n) is 8.50. The van der Waals surface area contributed by atoms with Gasteiger partial charge < -0.3 is 14.5 Å². The van der Waals surface area contributed by atoms with Crippen molar-refractivity contribution in [3.05, 3.63) is 111 Å². The molecule has 0 atom stereocenters. The molecule has 0 saturated carbocycles. The van der Waals surface area contributed by atoms with Crippen molar-refractivity contribution in [1.82, 2.24) is 9.97 Å². The first-order valence-electron chi connectivity index (χ1n) is 11.8. The van der Waals surface area contributed by atoms with Crippen LogP contribution in [0.5, 0.6) is 5.75 Å². The second kappa shape index (κ2) is 11.5. The monoisotopic (exact) mass is 577 g/mol. The predicted molar refractivity (Wildman–Crippen MR) is 153 cm³/mol. The minimum Gasteiger partial charge on any atom is -0.495 e. The van der Waals surface area contributed by atoms with Crippen molar-refractivity contribution >= 4 is 63.3 Å². The molecule has 7 nitrogen and oxygen atoms in total. The van der Waals surface area contributed by atoms with Gasteiger partial charge in [0.2, 0.25) is 5.78 Å². The Hall–Kier alpha value is -3.85. The lowest BCUT2D eigenvalue weighted by molar-refractivity contribution is 0.101. The highest BCUT2D eigenvalue weighted by Crippen LogP contribution is 2.35. The first-order chi connectivity index (χ1) is 18.9. The van der Waals surface area contributed by atoms with Crippen LogP contribution in [0.15, 0.2) is 82.5 Å². The molecule has 0 fully saturated rings. The lowest BCUT2D eigenvalue weighted by Gasteiger charge is -2.09. The summed E-state index contributed by atoms with van der Waals surface area (Å²) in [5, 5.41) is 4.09. The SMILES string of the molecule is COc1ccc(C(=O)c2oc3ccccc3c2NC(=O)c2nc(SCc3ccccc3C)ncc2Cl)cc1Cl. The summed E-state index contributed by atoms with van der Waals surface area (Å²) in [6, 6.07) is 19.7. The number of nitrogens with one attached hydrogen (secondary N) is 1. The molecule has 0 spiro atoms. The number of hydrogen-bond donors (Lipinski definition) is 1. The highest BCUT2D eigenvalue weighted by Gasteiger charge is 2.26. The van der Waals surface area contributed by atoms with E-state index in [4.69, 9.17) is 32.4 Å². The molecule has 1 amide bonds. The normalized spacial score (nSPS) is 11.0. The van der Waals surface area contributed by atoms with Crippen molar-refractivity contribution in [3.8, 4) is 5.75 Å². The van der Waals surface area contributed by atoms with Crippen LogP contribution in [0.2, 0.25) is 10.0 Å². The maximum absolute atomic E-state index is 13.5. The number of halogens is 2. The molecule has 0 aliphatic rings. The third kappa shape index (κ3) is 5.63. The van der Waals surface area contributed by atoms with Gasteiger partial charge in [-0.2, -0.15) is 0 Å². The van der Waals surface area contributed by atoms with E-state index in [9.17, 15) is 9.59 Å². The molecule has 5 aromatic rings. The van der Waals surface area contributed by atoms with Gasteiger partial charge in [-0.05, 0) is 48.4 Å². The van der Waals surface area contributed by atoms with Crippen LogP contribution in [0.1, 0.15) is 37.7 Å². The number of aromatic nitrogens is 2. The number of furan rings is 1. The first kappa shape index (κ1) is 26.7. The van der Waals surface area contributed by atoms with E-state index in [2.05, 4.69) is 15.3 Å². The van der Waals surface area contributed by atoms with E-state index in [1.807, 2.05) is 31.2 Å². The largest absolute Gasteiger partial charge is 0.495 e. The molecule has 5 rings (SSSR count). The van der Waals surface area contributed by atoms with Crippen molar-refractivity contribution in [2.24, 2.45) is 0 Å². The lowest BCUT2D eigenvalue weighted by atomic mass is 10.1. The van der Waals surface area contributed by atoms with E-state index in [1.165, 1.54) is 31.1 Å². The van der Waals surface area contributed by atoms with Crippen molar-refractivity contribution in [3.63, 3.8) is 0 Å². The van der Waals surface area contributed by atoms with Gasteiger partial charge in [-0.15, -0.1) is 0 Å². The van der Waals surface area contributed by atoms with Gasteiger partial charge in [0.05, 0.1) is 29.0 Å². The van der Waals surface area contributed by atoms with Crippen molar-refractivity contribution in [1.29, 1.82) is 0 Å². The molecule has 0 radical (unpaired) electrons. The number of carbonyl (C=O) groups is 2. The standard InChI is InChI=1S/C29H21Cl2N3O4S/c1-16-7-3-4-8-18(16)15-39-29-32-14-21(31)25(34-29)28(36)33-24-19-9-5-6-10-22(19)38-27(24)26(35)17-11-12-23(37-2)20(30)13-17/h3-14H,15H2,1-2H3,(H,33,36). The van der Waals surface area contributed by atoms with Crippen LogP contribution in [0, 0.1) is 6.92 Å². The van der Waals surface area contributed by atoms with E-state index in [0.29, 0.717) is 27.6 Å². The van der Waals surface area contributed by atoms with Gasteiger partial charge in [0.25, 0.3) is 5.91 Å². The number of fused-ring (bicyclic) bond motifs is 1. The van der Waals surface area contributed by atoms with Crippen LogP contribution in [0.25, 0.3) is 11.0 Å². The Bertz CT molecular complexity index is 1720. The molecular formula is C29H21Cl2N3O4S. The number of nitrogens with zero attached hydrogens (tertiary/aromatic N) is 2. The summed E-state index contributed by atoms with van der Waals surface area (Å²) in [5.41, 5.74) is 3.17. The number of aryl methyl sites for hydroxylation is 1. The molecule has 0 aliphatic carbocycles. The zero-order valence-corrected chi connectivity index (χ0v) is 23.2. The van der Waals surface area contributed by atoms with Crippen LogP contribution in [0.4, 0.5) is 5.69 Å². The average molecular weight is 578 g/mol. The summed E-state index contributed by atoms with van der Waals surface area (Å²) >= 11 is 14.0. The number of anilines is 1. The molecule has 39 heavy (non-hydrogen) atoms. The number of thioether (sulfide) groups is 1. The molecule has 0 bridgehead atoms. The van der Waals surface area contributed by atoms with Crippen LogP contribution < -0.4 is 10.1 Å². The smallest absolute Gasteiger partial charge is 0.276 e. The van der Waals surface area contributed by atoms with Gasteiger partial charge >= 0.3 is 0 Å². The van der Waals surface area contributed by atoms with E-state index in [0.717, 1.165) is 11.1 Å². The second-order valence-corrected chi connectivity index (χ2v) is 10.3. The van der Waals surface area contributed by atoms with Crippen LogP contribution in [0.3, 0.4) is 0 Å². The third-order valence-electron chi connectivity index (χ3n) is 6.01. The number of carbonyl (C=O) groups excluding carboxylic acids is 2. The fraction of sp³-hybridized carbons (Fsp3) is 0.103. The summed E-state index contributed by atoms with van der Waals surface area (Å²) in [6.45, 7) is 2.03. The number of ether oxygens (including phenoxy) is 1. The first-order valence-corrected chi connectivity index (χ1v) is 13.5. The molecule has 1 N–H and O–H groups in total. The maximum Gasteiger partial charge on any atom is 0.276 e. The minimum atomic E-state index is -0.603. The van der Waals surface area contributed by atoms with E-state index < -0.39 is 11.7 Å². The quantitative estimate of drug-likeness (QED) is 0.115. The molecule has 10 heteroatoms. The van der Waals surface area contributed by atoms with Gasteiger partial charge in [0.15, 0.2) is 16.6 Å². The Morgan fingerprint density at radius 3 is 2.56 bits per heavy atom. The third-order valence-corrected chi connectivity index (χ3v) is 7.49. The topological polar surface area (TPSA) is 94.3 Å².